The number of thioether (sulfide) groups is 1. The highest BCUT2D eigenvalue weighted by Gasteiger charge is 2.21. The van der Waals surface area contributed by atoms with Gasteiger partial charge in [-0.3, -0.25) is 4.79 Å². The van der Waals surface area contributed by atoms with Crippen LogP contribution in [-0.4, -0.2) is 49.2 Å². The Bertz CT molecular complexity index is 601. The van der Waals surface area contributed by atoms with E-state index in [4.69, 9.17) is 5.11 Å². The number of carboxylic acid groups (broad SMARTS) is 1. The van der Waals surface area contributed by atoms with E-state index in [1.165, 1.54) is 23.9 Å². The molecule has 1 amide bonds. The fourth-order valence-electron chi connectivity index (χ4n) is 1.73. The molecule has 8 heteroatoms. The molecule has 6 nitrogen and oxygen atoms in total. The van der Waals surface area contributed by atoms with Crippen LogP contribution < -0.4 is 5.32 Å². The summed E-state index contributed by atoms with van der Waals surface area (Å²) in [5.74, 6) is -1.45. The number of rotatable bonds is 9. The molecule has 0 fully saturated rings. The van der Waals surface area contributed by atoms with Crippen molar-refractivity contribution in [3.05, 3.63) is 30.3 Å². The monoisotopic (exact) mass is 345 g/mol. The number of carbonyl (C=O) groups is 2. The van der Waals surface area contributed by atoms with Crippen molar-refractivity contribution in [2.24, 2.45) is 0 Å². The van der Waals surface area contributed by atoms with Gasteiger partial charge in [0.05, 0.1) is 10.6 Å². The average Bonchev–Trinajstić information content (AvgIpc) is 2.50. The number of sulfone groups is 1. The molecular weight excluding hydrogens is 326 g/mol. The molecular formula is C14H19NO5S2. The SMILES string of the molecule is CSCC[C@@H](NC(=O)CCS(=O)(=O)c1ccccc1)C(=O)O. The topological polar surface area (TPSA) is 101 Å². The first-order valence-electron chi connectivity index (χ1n) is 6.65. The molecule has 0 heterocycles. The lowest BCUT2D eigenvalue weighted by atomic mass is 10.2. The molecule has 122 valence electrons. The lowest BCUT2D eigenvalue weighted by molar-refractivity contribution is -0.141. The van der Waals surface area contributed by atoms with Gasteiger partial charge in [-0.15, -0.1) is 0 Å². The molecule has 0 unspecified atom stereocenters. The Morgan fingerprint density at radius 3 is 2.45 bits per heavy atom. The highest BCUT2D eigenvalue weighted by atomic mass is 32.2. The highest BCUT2D eigenvalue weighted by molar-refractivity contribution is 7.98. The fourth-order valence-corrected chi connectivity index (χ4v) is 3.47. The molecule has 0 saturated carbocycles. The predicted octanol–water partition coefficient (Wildman–Crippen LogP) is 1.17. The molecule has 1 aromatic carbocycles. The van der Waals surface area contributed by atoms with Gasteiger partial charge in [-0.1, -0.05) is 18.2 Å². The first-order valence-corrected chi connectivity index (χ1v) is 9.70. The molecule has 0 saturated heterocycles. The van der Waals surface area contributed by atoms with Gasteiger partial charge >= 0.3 is 5.97 Å². The van der Waals surface area contributed by atoms with Gasteiger partial charge in [0.2, 0.25) is 5.91 Å². The Morgan fingerprint density at radius 1 is 1.27 bits per heavy atom. The molecule has 2 N–H and O–H groups in total. The summed E-state index contributed by atoms with van der Waals surface area (Å²) in [6.07, 6.45) is 1.88. The maximum absolute atomic E-state index is 12.0. The number of amides is 1. The van der Waals surface area contributed by atoms with Crippen LogP contribution in [0.4, 0.5) is 0 Å². The number of carboxylic acids is 1. The van der Waals surface area contributed by atoms with Crippen LogP contribution in [0.5, 0.6) is 0 Å². The van der Waals surface area contributed by atoms with Crippen molar-refractivity contribution < 1.29 is 23.1 Å². The molecule has 0 aliphatic heterocycles. The third kappa shape index (κ3) is 6.07. The van der Waals surface area contributed by atoms with E-state index in [9.17, 15) is 18.0 Å². The van der Waals surface area contributed by atoms with E-state index in [1.807, 2.05) is 6.26 Å². The van der Waals surface area contributed by atoms with Gasteiger partial charge in [0, 0.05) is 6.42 Å². The van der Waals surface area contributed by atoms with Crippen LogP contribution in [-0.2, 0) is 19.4 Å². The Labute approximate surface area is 134 Å². The van der Waals surface area contributed by atoms with Gasteiger partial charge in [0.1, 0.15) is 6.04 Å². The summed E-state index contributed by atoms with van der Waals surface area (Å²) in [6, 6.07) is 6.86. The third-order valence-corrected chi connectivity index (χ3v) is 5.32. The zero-order valence-corrected chi connectivity index (χ0v) is 13.8. The Morgan fingerprint density at radius 2 is 1.91 bits per heavy atom. The predicted molar refractivity (Wildman–Crippen MR) is 85.7 cm³/mol. The standard InChI is InChI=1S/C14H19NO5S2/c1-21-9-7-12(14(17)18)15-13(16)8-10-22(19,20)11-5-3-2-4-6-11/h2-6,12H,7-10H2,1H3,(H,15,16)(H,17,18)/t12-/m1/s1. The fraction of sp³-hybridized carbons (Fsp3) is 0.429. The van der Waals surface area contributed by atoms with Gasteiger partial charge in [0.15, 0.2) is 9.84 Å². The van der Waals surface area contributed by atoms with E-state index in [0.29, 0.717) is 12.2 Å². The zero-order valence-electron chi connectivity index (χ0n) is 12.2. The number of aliphatic carboxylic acids is 1. The minimum atomic E-state index is -3.54. The summed E-state index contributed by atoms with van der Waals surface area (Å²) >= 11 is 1.48. The van der Waals surface area contributed by atoms with Crippen molar-refractivity contribution in [2.75, 3.05) is 17.8 Å². The van der Waals surface area contributed by atoms with E-state index in [-0.39, 0.29) is 17.1 Å². The van der Waals surface area contributed by atoms with Gasteiger partial charge in [-0.05, 0) is 30.6 Å². The smallest absolute Gasteiger partial charge is 0.326 e. The van der Waals surface area contributed by atoms with E-state index in [2.05, 4.69) is 5.32 Å². The lowest BCUT2D eigenvalue weighted by Gasteiger charge is -2.13. The van der Waals surface area contributed by atoms with E-state index >= 15 is 0 Å². The summed E-state index contributed by atoms with van der Waals surface area (Å²) in [5, 5.41) is 11.4. The number of nitrogens with one attached hydrogen (secondary N) is 1. The first-order chi connectivity index (χ1) is 10.4. The van der Waals surface area contributed by atoms with Crippen LogP contribution in [0, 0.1) is 0 Å². The van der Waals surface area contributed by atoms with E-state index in [0.717, 1.165) is 0 Å². The molecule has 0 radical (unpaired) electrons. The zero-order chi connectivity index (χ0) is 16.6. The summed E-state index contributed by atoms with van der Waals surface area (Å²) in [5.41, 5.74) is 0. The molecule has 0 aromatic heterocycles. The summed E-state index contributed by atoms with van der Waals surface area (Å²) in [4.78, 5) is 22.9. The first kappa shape index (κ1) is 18.5. The molecule has 1 atom stereocenters. The van der Waals surface area contributed by atoms with Crippen molar-refractivity contribution in [3.63, 3.8) is 0 Å². The molecule has 22 heavy (non-hydrogen) atoms. The van der Waals surface area contributed by atoms with Crippen LogP contribution in [0.3, 0.4) is 0 Å². The Hall–Kier alpha value is -1.54. The normalized spacial score (nSPS) is 12.6. The molecule has 1 rings (SSSR count). The lowest BCUT2D eigenvalue weighted by Crippen LogP contribution is -2.41. The van der Waals surface area contributed by atoms with Crippen molar-refractivity contribution in [1.82, 2.24) is 5.32 Å². The molecule has 1 aromatic rings. The summed E-state index contributed by atoms with van der Waals surface area (Å²) < 4.78 is 24.1. The minimum Gasteiger partial charge on any atom is -0.480 e. The van der Waals surface area contributed by atoms with Crippen LogP contribution in [0.15, 0.2) is 35.2 Å². The van der Waals surface area contributed by atoms with Crippen LogP contribution in [0.1, 0.15) is 12.8 Å². The van der Waals surface area contributed by atoms with Gasteiger partial charge < -0.3 is 10.4 Å². The molecule has 0 aliphatic carbocycles. The second-order valence-corrected chi connectivity index (χ2v) is 7.72. The quantitative estimate of drug-likeness (QED) is 0.697. The third-order valence-electron chi connectivity index (χ3n) is 2.94. The maximum atomic E-state index is 12.0. The van der Waals surface area contributed by atoms with Gasteiger partial charge in [-0.25, -0.2) is 13.2 Å². The Kier molecular flexibility index (Phi) is 7.40. The van der Waals surface area contributed by atoms with Crippen LogP contribution in [0.2, 0.25) is 0 Å². The largest absolute Gasteiger partial charge is 0.480 e. The van der Waals surface area contributed by atoms with Crippen LogP contribution >= 0.6 is 11.8 Å². The van der Waals surface area contributed by atoms with Crippen molar-refractivity contribution in [1.29, 1.82) is 0 Å². The second-order valence-electron chi connectivity index (χ2n) is 4.62. The van der Waals surface area contributed by atoms with E-state index < -0.39 is 27.8 Å². The number of hydrogen-bond donors (Lipinski definition) is 2. The minimum absolute atomic E-state index is 0.153. The van der Waals surface area contributed by atoms with Crippen molar-refractivity contribution >= 4 is 33.5 Å². The van der Waals surface area contributed by atoms with Gasteiger partial charge in [-0.2, -0.15) is 11.8 Å². The maximum Gasteiger partial charge on any atom is 0.326 e. The van der Waals surface area contributed by atoms with E-state index in [1.54, 1.807) is 18.2 Å². The second kappa shape index (κ2) is 8.79. The van der Waals surface area contributed by atoms with Crippen LogP contribution in [0.25, 0.3) is 0 Å². The van der Waals surface area contributed by atoms with Gasteiger partial charge in [0.25, 0.3) is 0 Å². The Balaban J connectivity index is 2.56. The summed E-state index contributed by atoms with van der Waals surface area (Å²) in [6.45, 7) is 0. The highest BCUT2D eigenvalue weighted by Crippen LogP contribution is 2.11. The molecule has 0 spiro atoms. The number of benzene rings is 1. The van der Waals surface area contributed by atoms with Crippen molar-refractivity contribution in [2.45, 2.75) is 23.8 Å². The molecule has 0 bridgehead atoms. The van der Waals surface area contributed by atoms with Crippen molar-refractivity contribution in [3.8, 4) is 0 Å². The average molecular weight is 345 g/mol. The number of carbonyl (C=O) groups excluding carboxylic acids is 1. The summed E-state index contributed by atoms with van der Waals surface area (Å²) in [7, 11) is -3.54. The number of hydrogen-bond acceptors (Lipinski definition) is 5. The molecule has 0 aliphatic rings.